The zero-order valence-electron chi connectivity index (χ0n) is 31.5. The van der Waals surface area contributed by atoms with E-state index in [0.29, 0.717) is 5.84 Å². The van der Waals surface area contributed by atoms with Crippen molar-refractivity contribution in [2.24, 2.45) is 9.98 Å². The van der Waals surface area contributed by atoms with E-state index in [9.17, 15) is 0 Å². The molecule has 0 radical (unpaired) electrons. The number of hydrogen-bond acceptors (Lipinski definition) is 2. The molecular weight excluding hydrogens is 695 g/mol. The first kappa shape index (κ1) is 34.2. The smallest absolute Gasteiger partial charge is 0.156 e. The molecule has 0 saturated heterocycles. The molecule has 0 aliphatic carbocycles. The molecule has 0 amide bonds. The lowest BCUT2D eigenvalue weighted by atomic mass is 10.0. The van der Waals surface area contributed by atoms with Crippen LogP contribution in [0, 0.1) is 0 Å². The number of nitrogens with one attached hydrogen (secondary N) is 1. The molecule has 0 fully saturated rings. The molecule has 272 valence electrons. The third-order valence-electron chi connectivity index (χ3n) is 10.9. The summed E-state index contributed by atoms with van der Waals surface area (Å²) in [4.78, 5) is 10.1. The Morgan fingerprint density at radius 1 is 0.474 bits per heavy atom. The van der Waals surface area contributed by atoms with Crippen LogP contribution in [-0.2, 0) is 0 Å². The van der Waals surface area contributed by atoms with Gasteiger partial charge in [0.25, 0.3) is 0 Å². The lowest BCUT2D eigenvalue weighted by molar-refractivity contribution is 0.625. The Hall–Kier alpha value is -7.34. The van der Waals surface area contributed by atoms with Crippen LogP contribution in [-0.4, -0.2) is 28.2 Å². The summed E-state index contributed by atoms with van der Waals surface area (Å²) >= 11 is 0. The van der Waals surface area contributed by atoms with E-state index < -0.39 is 0 Å². The van der Waals surface area contributed by atoms with Crippen molar-refractivity contribution in [3.05, 3.63) is 217 Å². The molecular formula is C52H39N5. The van der Waals surface area contributed by atoms with Crippen LogP contribution in [0.15, 0.2) is 210 Å². The molecule has 0 bridgehead atoms. The Balaban J connectivity index is 1.05. The van der Waals surface area contributed by atoms with E-state index in [-0.39, 0.29) is 6.17 Å². The first-order valence-corrected chi connectivity index (χ1v) is 19.4. The number of amidine groups is 1. The van der Waals surface area contributed by atoms with E-state index in [4.69, 9.17) is 9.98 Å². The van der Waals surface area contributed by atoms with Crippen LogP contribution < -0.4 is 5.32 Å². The normalized spacial score (nSPS) is 12.7. The average Bonchev–Trinajstić information content (AvgIpc) is 3.80. The van der Waals surface area contributed by atoms with E-state index in [2.05, 4.69) is 166 Å². The van der Waals surface area contributed by atoms with Crippen molar-refractivity contribution >= 4 is 55.7 Å². The van der Waals surface area contributed by atoms with Crippen molar-refractivity contribution in [2.75, 3.05) is 7.05 Å². The Labute approximate surface area is 331 Å². The van der Waals surface area contributed by atoms with Gasteiger partial charge < -0.3 is 9.13 Å². The monoisotopic (exact) mass is 733 g/mol. The van der Waals surface area contributed by atoms with Gasteiger partial charge in [0.15, 0.2) is 5.84 Å². The number of fused-ring (bicyclic) bond motifs is 6. The third-order valence-corrected chi connectivity index (χ3v) is 10.9. The molecule has 0 spiro atoms. The van der Waals surface area contributed by atoms with Crippen LogP contribution in [0.1, 0.15) is 22.9 Å². The highest BCUT2D eigenvalue weighted by molar-refractivity contribution is 6.13. The number of rotatable bonds is 8. The molecule has 5 heteroatoms. The maximum absolute atomic E-state index is 5.13. The van der Waals surface area contributed by atoms with Gasteiger partial charge in [0.05, 0.1) is 22.1 Å². The second-order valence-corrected chi connectivity index (χ2v) is 14.3. The first-order valence-electron chi connectivity index (χ1n) is 19.4. The summed E-state index contributed by atoms with van der Waals surface area (Å²) in [5.74, 6) is 0.657. The number of nitrogens with zero attached hydrogens (tertiary/aromatic N) is 4. The van der Waals surface area contributed by atoms with Gasteiger partial charge in [0.1, 0.15) is 6.17 Å². The standard InChI is InChI=1S/C52H39N5/c1-53-51(37-17-7-3-8-18-37)55-52(54-35-36-15-5-2-6-16-36)38-25-29-42(30-26-38)57-48-24-14-12-22-44(48)46-34-40(28-32-50(46)57)39-27-31-49-45(33-39)43-21-11-13-23-47(43)56(49)41-19-9-4-10-20-41/h2-35,51,53H,1H3/b54-35+,55-52-. The molecule has 2 aromatic heterocycles. The van der Waals surface area contributed by atoms with E-state index in [0.717, 1.165) is 39.1 Å². The second-order valence-electron chi connectivity index (χ2n) is 14.3. The molecule has 1 unspecified atom stereocenters. The molecule has 0 aliphatic rings. The number of benzene rings is 8. The predicted molar refractivity (Wildman–Crippen MR) is 239 cm³/mol. The molecule has 1 atom stereocenters. The number of hydrogen-bond donors (Lipinski definition) is 1. The summed E-state index contributed by atoms with van der Waals surface area (Å²) in [5, 5.41) is 8.29. The molecule has 5 nitrogen and oxygen atoms in total. The fourth-order valence-electron chi connectivity index (χ4n) is 8.12. The topological polar surface area (TPSA) is 46.6 Å². The molecule has 1 N–H and O–H groups in total. The van der Waals surface area contributed by atoms with E-state index in [1.807, 2.05) is 61.8 Å². The summed E-state index contributed by atoms with van der Waals surface area (Å²) in [6.45, 7) is 0. The van der Waals surface area contributed by atoms with Crippen LogP contribution in [0.3, 0.4) is 0 Å². The van der Waals surface area contributed by atoms with Gasteiger partial charge in [0.2, 0.25) is 0 Å². The SMILES string of the molecule is CNC(/N=C(\N=C\c1ccccc1)c1ccc(-n2c3ccccc3c3cc(-c4ccc5c(c4)c4ccccc4n5-c4ccccc4)ccc32)cc1)c1ccccc1. The van der Waals surface area contributed by atoms with Gasteiger partial charge in [-0.1, -0.05) is 127 Å². The molecule has 0 saturated carbocycles. The van der Waals surface area contributed by atoms with Gasteiger partial charge in [-0.2, -0.15) is 0 Å². The highest BCUT2D eigenvalue weighted by Crippen LogP contribution is 2.38. The van der Waals surface area contributed by atoms with Crippen LogP contribution in [0.25, 0.3) is 66.1 Å². The van der Waals surface area contributed by atoms with Crippen molar-refractivity contribution in [1.82, 2.24) is 14.5 Å². The first-order chi connectivity index (χ1) is 28.2. The molecule has 2 heterocycles. The largest absolute Gasteiger partial charge is 0.309 e. The van der Waals surface area contributed by atoms with Gasteiger partial charge >= 0.3 is 0 Å². The van der Waals surface area contributed by atoms with Crippen molar-refractivity contribution in [2.45, 2.75) is 6.17 Å². The molecule has 10 rings (SSSR count). The number of aliphatic imine (C=N–C) groups is 2. The molecule has 0 aliphatic heterocycles. The van der Waals surface area contributed by atoms with Crippen molar-refractivity contribution in [3.63, 3.8) is 0 Å². The van der Waals surface area contributed by atoms with Crippen LogP contribution >= 0.6 is 0 Å². The number of para-hydroxylation sites is 3. The van der Waals surface area contributed by atoms with E-state index in [1.165, 1.54) is 43.7 Å². The fourth-order valence-corrected chi connectivity index (χ4v) is 8.12. The number of aromatic nitrogens is 2. The minimum absolute atomic E-state index is 0.247. The summed E-state index contributed by atoms with van der Waals surface area (Å²) in [5.41, 5.74) is 12.4. The maximum atomic E-state index is 5.13. The van der Waals surface area contributed by atoms with Crippen molar-refractivity contribution < 1.29 is 0 Å². The minimum Gasteiger partial charge on any atom is -0.309 e. The third kappa shape index (κ3) is 6.30. The molecule has 8 aromatic carbocycles. The van der Waals surface area contributed by atoms with Gasteiger partial charge in [-0.25, -0.2) is 9.98 Å². The second kappa shape index (κ2) is 14.7. The lowest BCUT2D eigenvalue weighted by Gasteiger charge is -2.14. The van der Waals surface area contributed by atoms with Gasteiger partial charge in [0, 0.05) is 44.7 Å². The molecule has 10 aromatic rings. The van der Waals surface area contributed by atoms with Gasteiger partial charge in [-0.3, -0.25) is 5.32 Å². The Morgan fingerprint density at radius 3 is 1.51 bits per heavy atom. The van der Waals surface area contributed by atoms with Gasteiger partial charge in [-0.15, -0.1) is 0 Å². The summed E-state index contributed by atoms with van der Waals surface area (Å²) < 4.78 is 4.72. The Kier molecular flexibility index (Phi) is 8.82. The Bertz CT molecular complexity index is 3080. The Morgan fingerprint density at radius 2 is 0.947 bits per heavy atom. The summed E-state index contributed by atoms with van der Waals surface area (Å²) in [6.07, 6.45) is 1.64. The van der Waals surface area contributed by atoms with E-state index in [1.54, 1.807) is 0 Å². The van der Waals surface area contributed by atoms with Crippen LogP contribution in [0.4, 0.5) is 0 Å². The molecule has 57 heavy (non-hydrogen) atoms. The average molecular weight is 734 g/mol. The highest BCUT2D eigenvalue weighted by Gasteiger charge is 2.17. The zero-order valence-corrected chi connectivity index (χ0v) is 31.5. The summed E-state index contributed by atoms with van der Waals surface area (Å²) in [6, 6.07) is 70.8. The fraction of sp³-hybridized carbons (Fsp3) is 0.0385. The van der Waals surface area contributed by atoms with Gasteiger partial charge in [-0.05, 0) is 102 Å². The quantitative estimate of drug-likeness (QED) is 0.123. The predicted octanol–water partition coefficient (Wildman–Crippen LogP) is 12.3. The van der Waals surface area contributed by atoms with Crippen molar-refractivity contribution in [1.29, 1.82) is 0 Å². The van der Waals surface area contributed by atoms with E-state index >= 15 is 0 Å². The zero-order chi connectivity index (χ0) is 38.1. The lowest BCUT2D eigenvalue weighted by Crippen LogP contribution is -2.16. The highest BCUT2D eigenvalue weighted by atomic mass is 15.1. The van der Waals surface area contributed by atoms with Crippen LogP contribution in [0.2, 0.25) is 0 Å². The maximum Gasteiger partial charge on any atom is 0.156 e. The minimum atomic E-state index is -0.247. The van der Waals surface area contributed by atoms with Crippen LogP contribution in [0.5, 0.6) is 0 Å². The van der Waals surface area contributed by atoms with Crippen molar-refractivity contribution in [3.8, 4) is 22.5 Å². The summed E-state index contributed by atoms with van der Waals surface area (Å²) in [7, 11) is 1.93.